The normalized spacial score (nSPS) is 17.0. The van der Waals surface area contributed by atoms with Gasteiger partial charge in [0.2, 0.25) is 0 Å². The number of pyridine rings is 1. The number of aromatic nitrogens is 3. The van der Waals surface area contributed by atoms with Crippen LogP contribution < -0.4 is 0 Å². The molecule has 3 heteroatoms. The summed E-state index contributed by atoms with van der Waals surface area (Å²) in [7, 11) is 0. The fourth-order valence-electron chi connectivity index (χ4n) is 1.50. The highest BCUT2D eigenvalue weighted by Gasteiger charge is 2.23. The van der Waals surface area contributed by atoms with Gasteiger partial charge in [0.1, 0.15) is 6.33 Å². The van der Waals surface area contributed by atoms with Crippen molar-refractivity contribution in [2.24, 2.45) is 0 Å². The van der Waals surface area contributed by atoms with Gasteiger partial charge in [-0.25, -0.2) is 0 Å². The highest BCUT2D eigenvalue weighted by atomic mass is 15.2. The minimum Gasteiger partial charge on any atom is -0.289 e. The lowest BCUT2D eigenvalue weighted by Gasteiger charge is -1.97. The van der Waals surface area contributed by atoms with Crippen molar-refractivity contribution in [3.05, 3.63) is 30.2 Å². The molecule has 2 aromatic heterocycles. The minimum absolute atomic E-state index is 0.803. The fraction of sp³-hybridized carbons (Fsp3) is 0.333. The molecule has 0 atom stereocenters. The van der Waals surface area contributed by atoms with Crippen LogP contribution >= 0.6 is 0 Å². The second kappa shape index (κ2) is 2.06. The van der Waals surface area contributed by atoms with Crippen LogP contribution in [0.15, 0.2) is 24.7 Å². The monoisotopic (exact) mass is 159 g/mol. The molecule has 12 heavy (non-hydrogen) atoms. The lowest BCUT2D eigenvalue weighted by Crippen LogP contribution is -1.86. The Bertz CT molecular complexity index is 414. The van der Waals surface area contributed by atoms with Crippen LogP contribution in [-0.2, 0) is 0 Å². The van der Waals surface area contributed by atoms with Gasteiger partial charge in [-0.1, -0.05) is 6.07 Å². The fourth-order valence-corrected chi connectivity index (χ4v) is 1.50. The third kappa shape index (κ3) is 0.826. The average Bonchev–Trinajstić information content (AvgIpc) is 2.84. The summed E-state index contributed by atoms with van der Waals surface area (Å²) in [5.41, 5.74) is 2.35. The summed E-state index contributed by atoms with van der Waals surface area (Å²) in [6, 6.07) is 4.18. The number of rotatable bonds is 1. The topological polar surface area (TPSA) is 30.2 Å². The molecule has 0 amide bonds. The van der Waals surface area contributed by atoms with Gasteiger partial charge in [-0.15, -0.1) is 10.2 Å². The van der Waals surface area contributed by atoms with Crippen LogP contribution in [0, 0.1) is 0 Å². The Balaban J connectivity index is 2.21. The summed E-state index contributed by atoms with van der Waals surface area (Å²) in [5, 5.41) is 7.79. The van der Waals surface area contributed by atoms with Crippen molar-refractivity contribution in [2.45, 2.75) is 18.8 Å². The van der Waals surface area contributed by atoms with E-state index in [1.807, 2.05) is 10.5 Å². The summed E-state index contributed by atoms with van der Waals surface area (Å²) in [6.45, 7) is 0. The number of hydrogen-bond donors (Lipinski definition) is 0. The number of nitrogens with zero attached hydrogens (tertiary/aromatic N) is 3. The van der Waals surface area contributed by atoms with E-state index in [2.05, 4.69) is 22.5 Å². The number of fused-ring (bicyclic) bond motifs is 1. The average molecular weight is 159 g/mol. The molecule has 0 N–H and O–H groups in total. The van der Waals surface area contributed by atoms with E-state index in [1.54, 1.807) is 6.33 Å². The summed E-state index contributed by atoms with van der Waals surface area (Å²) in [4.78, 5) is 0. The molecule has 60 valence electrons. The Morgan fingerprint density at radius 1 is 1.33 bits per heavy atom. The van der Waals surface area contributed by atoms with Crippen molar-refractivity contribution in [3.63, 3.8) is 0 Å². The molecule has 1 aliphatic carbocycles. The molecule has 3 nitrogen and oxygen atoms in total. The van der Waals surface area contributed by atoms with E-state index in [0.717, 1.165) is 11.6 Å². The van der Waals surface area contributed by atoms with Crippen molar-refractivity contribution >= 4 is 5.65 Å². The van der Waals surface area contributed by atoms with Gasteiger partial charge in [0.05, 0.1) is 0 Å². The van der Waals surface area contributed by atoms with Crippen LogP contribution in [0.4, 0.5) is 0 Å². The van der Waals surface area contributed by atoms with Gasteiger partial charge in [-0.3, -0.25) is 4.40 Å². The molecule has 0 aliphatic heterocycles. The zero-order valence-electron chi connectivity index (χ0n) is 6.64. The van der Waals surface area contributed by atoms with Crippen LogP contribution in [-0.4, -0.2) is 14.6 Å². The SMILES string of the molecule is c1cc2nncn2cc1C1CC1. The van der Waals surface area contributed by atoms with Crippen molar-refractivity contribution in [2.75, 3.05) is 0 Å². The minimum atomic E-state index is 0.803. The Kier molecular flexibility index (Phi) is 1.06. The van der Waals surface area contributed by atoms with Gasteiger partial charge in [0.15, 0.2) is 5.65 Å². The molecule has 1 fully saturated rings. The molecule has 3 rings (SSSR count). The molecule has 0 unspecified atom stereocenters. The van der Waals surface area contributed by atoms with E-state index in [1.165, 1.54) is 18.4 Å². The molecule has 1 saturated carbocycles. The predicted octanol–water partition coefficient (Wildman–Crippen LogP) is 1.61. The van der Waals surface area contributed by atoms with Crippen LogP contribution in [0.2, 0.25) is 0 Å². The van der Waals surface area contributed by atoms with Gasteiger partial charge in [0, 0.05) is 6.20 Å². The van der Waals surface area contributed by atoms with Gasteiger partial charge in [-0.2, -0.15) is 0 Å². The summed E-state index contributed by atoms with van der Waals surface area (Å²) in [6.07, 6.45) is 6.56. The molecule has 0 radical (unpaired) electrons. The van der Waals surface area contributed by atoms with E-state index >= 15 is 0 Å². The first-order valence-corrected chi connectivity index (χ1v) is 4.23. The van der Waals surface area contributed by atoms with Crippen molar-refractivity contribution < 1.29 is 0 Å². The molecule has 0 aromatic carbocycles. The maximum Gasteiger partial charge on any atom is 0.160 e. The third-order valence-electron chi connectivity index (χ3n) is 2.36. The first-order valence-electron chi connectivity index (χ1n) is 4.23. The standard InChI is InChI=1S/C9H9N3/c1-2-7(1)8-3-4-9-11-10-6-12(9)5-8/h3-7H,1-2H2. The van der Waals surface area contributed by atoms with Gasteiger partial charge >= 0.3 is 0 Å². The van der Waals surface area contributed by atoms with Crippen LogP contribution in [0.25, 0.3) is 5.65 Å². The smallest absolute Gasteiger partial charge is 0.160 e. The Labute approximate surface area is 70.0 Å². The first kappa shape index (κ1) is 6.17. The zero-order chi connectivity index (χ0) is 7.97. The van der Waals surface area contributed by atoms with E-state index in [4.69, 9.17) is 0 Å². The summed E-state index contributed by atoms with van der Waals surface area (Å²) < 4.78 is 1.98. The molecule has 0 bridgehead atoms. The molecular weight excluding hydrogens is 150 g/mol. The Morgan fingerprint density at radius 2 is 2.25 bits per heavy atom. The van der Waals surface area contributed by atoms with E-state index in [-0.39, 0.29) is 0 Å². The van der Waals surface area contributed by atoms with Crippen LogP contribution in [0.3, 0.4) is 0 Å². The number of hydrogen-bond acceptors (Lipinski definition) is 2. The second-order valence-electron chi connectivity index (χ2n) is 3.33. The van der Waals surface area contributed by atoms with Crippen molar-refractivity contribution in [1.29, 1.82) is 0 Å². The lowest BCUT2D eigenvalue weighted by molar-refractivity contribution is 1.05. The largest absolute Gasteiger partial charge is 0.289 e. The maximum absolute atomic E-state index is 3.95. The first-order chi connectivity index (χ1) is 5.93. The molecule has 2 heterocycles. The van der Waals surface area contributed by atoms with Crippen molar-refractivity contribution in [1.82, 2.24) is 14.6 Å². The van der Waals surface area contributed by atoms with Crippen LogP contribution in [0.5, 0.6) is 0 Å². The Hall–Kier alpha value is -1.38. The highest BCUT2D eigenvalue weighted by molar-refractivity contribution is 5.39. The van der Waals surface area contributed by atoms with Gasteiger partial charge in [-0.05, 0) is 30.4 Å². The molecule has 2 aromatic rings. The Morgan fingerprint density at radius 3 is 3.08 bits per heavy atom. The molecule has 0 saturated heterocycles. The lowest BCUT2D eigenvalue weighted by atomic mass is 10.2. The van der Waals surface area contributed by atoms with Crippen LogP contribution in [0.1, 0.15) is 24.3 Å². The van der Waals surface area contributed by atoms with E-state index < -0.39 is 0 Å². The molecule has 1 aliphatic rings. The zero-order valence-corrected chi connectivity index (χ0v) is 6.64. The summed E-state index contributed by atoms with van der Waals surface area (Å²) in [5.74, 6) is 0.803. The van der Waals surface area contributed by atoms with E-state index in [9.17, 15) is 0 Å². The van der Waals surface area contributed by atoms with Gasteiger partial charge < -0.3 is 0 Å². The highest BCUT2D eigenvalue weighted by Crippen LogP contribution is 2.39. The van der Waals surface area contributed by atoms with Gasteiger partial charge in [0.25, 0.3) is 0 Å². The second-order valence-corrected chi connectivity index (χ2v) is 3.33. The predicted molar refractivity (Wildman–Crippen MR) is 45.0 cm³/mol. The van der Waals surface area contributed by atoms with E-state index in [0.29, 0.717) is 0 Å². The van der Waals surface area contributed by atoms with Crippen molar-refractivity contribution in [3.8, 4) is 0 Å². The molecule has 0 spiro atoms. The molecular formula is C9H9N3. The quantitative estimate of drug-likeness (QED) is 0.632. The third-order valence-corrected chi connectivity index (χ3v) is 2.36. The maximum atomic E-state index is 3.95. The summed E-state index contributed by atoms with van der Waals surface area (Å²) >= 11 is 0.